The molecule has 1 aliphatic rings. The highest BCUT2D eigenvalue weighted by Gasteiger charge is 2.47. The van der Waals surface area contributed by atoms with Crippen LogP contribution in [0.25, 0.3) is 0 Å². The van der Waals surface area contributed by atoms with Crippen molar-refractivity contribution < 1.29 is 49.3 Å². The Morgan fingerprint density at radius 3 is 1.73 bits per heavy atom. The van der Waals surface area contributed by atoms with Gasteiger partial charge in [0.05, 0.1) is 25.4 Å². The fourth-order valence-electron chi connectivity index (χ4n) is 7.43. The summed E-state index contributed by atoms with van der Waals surface area (Å²) in [6.07, 6.45) is 46.2. The van der Waals surface area contributed by atoms with Crippen LogP contribution in [-0.4, -0.2) is 99.6 Å². The van der Waals surface area contributed by atoms with E-state index in [0.717, 1.165) is 57.8 Å². The first-order valence-corrected chi connectivity index (χ1v) is 26.1. The Bertz CT molecular complexity index is 1450. The van der Waals surface area contributed by atoms with Crippen LogP contribution in [0.1, 0.15) is 181 Å². The van der Waals surface area contributed by atoms with Crippen LogP contribution in [0.15, 0.2) is 97.2 Å². The van der Waals surface area contributed by atoms with Crippen molar-refractivity contribution in [1.82, 2.24) is 5.32 Å². The molecule has 11 heteroatoms. The zero-order valence-corrected chi connectivity index (χ0v) is 41.7. The second-order valence-electron chi connectivity index (χ2n) is 17.6. The van der Waals surface area contributed by atoms with Crippen LogP contribution in [0, 0.1) is 0 Å². The second kappa shape index (κ2) is 43.8. The topological polar surface area (TPSA) is 175 Å². The van der Waals surface area contributed by atoms with Gasteiger partial charge in [-0.05, 0) is 64.2 Å². The standard InChI is InChI=1S/C56H93NO10/c1-4-7-10-13-16-19-22-24-26-28-31-34-37-40-43-49(60)55(64)57-47(48(59)42-39-36-33-30-27-21-18-15-12-9-6-3)46-65-56-54(53(63)52(62)50(45-58)66-56)67-51(61)44-41-38-35-32-29-25-23-20-17-14-11-8-5-2/h7,10,13,16,19,22,24-26,28-29,31,35,38-39,42,47-50,52-54,56,58-60,62-63H,4-6,8-9,11-12,14-15,17-18,20-21,23,27,30,32-34,36-37,40-41,43-46H2,1-3H3,(H,57,64)/b10-7+,16-13+,22-19-,26-24-,29-25-,31-28+,38-35+,42-39+. The van der Waals surface area contributed by atoms with Gasteiger partial charge in [-0.1, -0.05) is 208 Å². The number of nitrogens with one attached hydrogen (secondary N) is 1. The molecule has 382 valence electrons. The molecule has 67 heavy (non-hydrogen) atoms. The Balaban J connectivity index is 2.86. The van der Waals surface area contributed by atoms with Gasteiger partial charge in [0.1, 0.15) is 24.4 Å². The van der Waals surface area contributed by atoms with Crippen LogP contribution < -0.4 is 5.32 Å². The lowest BCUT2D eigenvalue weighted by molar-refractivity contribution is -0.305. The van der Waals surface area contributed by atoms with E-state index in [1.807, 2.05) is 72.9 Å². The molecular formula is C56H93NO10. The average Bonchev–Trinajstić information content (AvgIpc) is 3.32. The molecule has 0 aliphatic carbocycles. The van der Waals surface area contributed by atoms with Crippen LogP contribution in [0.3, 0.4) is 0 Å². The Morgan fingerprint density at radius 1 is 0.612 bits per heavy atom. The molecule has 0 bridgehead atoms. The first-order valence-electron chi connectivity index (χ1n) is 26.1. The van der Waals surface area contributed by atoms with Crippen LogP contribution in [0.5, 0.6) is 0 Å². The minimum absolute atomic E-state index is 0.00699. The van der Waals surface area contributed by atoms with Crippen LogP contribution in [-0.2, 0) is 23.8 Å². The average molecular weight is 940 g/mol. The molecule has 1 fully saturated rings. The maximum atomic E-state index is 13.3. The zero-order valence-electron chi connectivity index (χ0n) is 41.7. The Morgan fingerprint density at radius 2 is 1.13 bits per heavy atom. The summed E-state index contributed by atoms with van der Waals surface area (Å²) in [7, 11) is 0. The lowest BCUT2D eigenvalue weighted by Crippen LogP contribution is -2.61. The fraction of sp³-hybridized carbons (Fsp3) is 0.679. The molecule has 8 unspecified atom stereocenters. The zero-order chi connectivity index (χ0) is 49.0. The smallest absolute Gasteiger partial charge is 0.306 e. The number of hydrogen-bond acceptors (Lipinski definition) is 10. The van der Waals surface area contributed by atoms with Crippen LogP contribution >= 0.6 is 0 Å². The molecule has 0 aromatic rings. The normalized spacial score (nSPS) is 20.9. The lowest BCUT2D eigenvalue weighted by Gasteiger charge is -2.41. The predicted molar refractivity (Wildman–Crippen MR) is 273 cm³/mol. The van der Waals surface area contributed by atoms with Gasteiger partial charge in [-0.3, -0.25) is 9.59 Å². The molecule has 0 spiro atoms. The van der Waals surface area contributed by atoms with Gasteiger partial charge in [-0.25, -0.2) is 0 Å². The molecule has 1 saturated heterocycles. The van der Waals surface area contributed by atoms with E-state index in [4.69, 9.17) is 14.2 Å². The van der Waals surface area contributed by atoms with Gasteiger partial charge in [0.2, 0.25) is 5.91 Å². The molecule has 1 rings (SSSR count). The number of carbonyl (C=O) groups excluding carboxylic acids is 2. The summed E-state index contributed by atoms with van der Waals surface area (Å²) in [6, 6.07) is -1.06. The van der Waals surface area contributed by atoms with Crippen LogP contribution in [0.4, 0.5) is 0 Å². The molecule has 0 aromatic carbocycles. The van der Waals surface area contributed by atoms with E-state index < -0.39 is 67.4 Å². The molecule has 1 amide bonds. The van der Waals surface area contributed by atoms with Crippen molar-refractivity contribution in [2.24, 2.45) is 0 Å². The van der Waals surface area contributed by atoms with Crippen molar-refractivity contribution in [1.29, 1.82) is 0 Å². The summed E-state index contributed by atoms with van der Waals surface area (Å²) in [5, 5.41) is 56.5. The van der Waals surface area contributed by atoms with Crippen molar-refractivity contribution in [2.75, 3.05) is 13.2 Å². The van der Waals surface area contributed by atoms with Gasteiger partial charge in [-0.2, -0.15) is 0 Å². The number of unbranched alkanes of at least 4 members (excludes halogenated alkanes) is 17. The Labute approximate surface area is 405 Å². The van der Waals surface area contributed by atoms with E-state index in [2.05, 4.69) is 44.3 Å². The molecule has 0 saturated carbocycles. The maximum absolute atomic E-state index is 13.3. The number of aliphatic hydroxyl groups excluding tert-OH is 5. The van der Waals surface area contributed by atoms with Crippen molar-refractivity contribution >= 4 is 11.9 Å². The molecule has 0 aromatic heterocycles. The number of carbonyl (C=O) groups is 2. The van der Waals surface area contributed by atoms with E-state index in [0.29, 0.717) is 12.8 Å². The van der Waals surface area contributed by atoms with E-state index in [1.165, 1.54) is 77.0 Å². The monoisotopic (exact) mass is 940 g/mol. The predicted octanol–water partition coefficient (Wildman–Crippen LogP) is 10.8. The number of hydrogen-bond donors (Lipinski definition) is 6. The molecule has 6 N–H and O–H groups in total. The van der Waals surface area contributed by atoms with Gasteiger partial charge >= 0.3 is 5.97 Å². The number of allylic oxidation sites excluding steroid dienone is 15. The summed E-state index contributed by atoms with van der Waals surface area (Å²) in [5.74, 6) is -1.32. The van der Waals surface area contributed by atoms with E-state index >= 15 is 0 Å². The first kappa shape index (κ1) is 61.6. The van der Waals surface area contributed by atoms with Crippen molar-refractivity contribution in [2.45, 2.75) is 230 Å². The van der Waals surface area contributed by atoms with E-state index in [9.17, 15) is 35.1 Å². The Hall–Kier alpha value is -3.42. The fourth-order valence-corrected chi connectivity index (χ4v) is 7.43. The summed E-state index contributed by atoms with van der Waals surface area (Å²) in [5.41, 5.74) is 0. The summed E-state index contributed by atoms with van der Waals surface area (Å²) in [6.45, 7) is 5.52. The second-order valence-corrected chi connectivity index (χ2v) is 17.6. The largest absolute Gasteiger partial charge is 0.454 e. The number of rotatable bonds is 41. The van der Waals surface area contributed by atoms with Gasteiger partial charge < -0.3 is 45.1 Å². The van der Waals surface area contributed by atoms with Gasteiger partial charge in [0.25, 0.3) is 0 Å². The third kappa shape index (κ3) is 32.9. The quantitative estimate of drug-likeness (QED) is 0.0150. The maximum Gasteiger partial charge on any atom is 0.306 e. The summed E-state index contributed by atoms with van der Waals surface area (Å²) in [4.78, 5) is 26.3. The number of aliphatic hydroxyl groups is 5. The first-order chi connectivity index (χ1) is 32.7. The minimum Gasteiger partial charge on any atom is -0.454 e. The highest BCUT2D eigenvalue weighted by Crippen LogP contribution is 2.26. The van der Waals surface area contributed by atoms with Crippen molar-refractivity contribution in [3.05, 3.63) is 97.2 Å². The number of ether oxygens (including phenoxy) is 3. The highest BCUT2D eigenvalue weighted by molar-refractivity contribution is 5.80. The molecule has 0 radical (unpaired) electrons. The van der Waals surface area contributed by atoms with Gasteiger partial charge in [-0.15, -0.1) is 0 Å². The Kier molecular flexibility index (Phi) is 40.3. The van der Waals surface area contributed by atoms with Gasteiger partial charge in [0.15, 0.2) is 12.4 Å². The van der Waals surface area contributed by atoms with Crippen molar-refractivity contribution in [3.63, 3.8) is 0 Å². The third-order valence-electron chi connectivity index (χ3n) is 11.6. The SMILES string of the molecule is CC/C=C/C=C/C=C\C=C/C=C/CCCCC(O)C(=O)NC(COC1OC(CO)C(O)C(O)C1OC(=O)CC/C=C/C/C=C\CCCCCCCC)C(O)/C=C/CCCCCCCCCCC. The molecular weight excluding hydrogens is 847 g/mol. The molecule has 11 nitrogen and oxygen atoms in total. The van der Waals surface area contributed by atoms with E-state index in [-0.39, 0.29) is 19.4 Å². The lowest BCUT2D eigenvalue weighted by atomic mass is 9.99. The number of esters is 1. The highest BCUT2D eigenvalue weighted by atomic mass is 16.7. The summed E-state index contributed by atoms with van der Waals surface area (Å²) >= 11 is 0. The minimum atomic E-state index is -1.65. The van der Waals surface area contributed by atoms with Gasteiger partial charge in [0, 0.05) is 6.42 Å². The molecule has 8 atom stereocenters. The molecule has 1 aliphatic heterocycles. The molecule has 1 heterocycles. The number of amides is 1. The van der Waals surface area contributed by atoms with E-state index in [1.54, 1.807) is 6.08 Å². The summed E-state index contributed by atoms with van der Waals surface area (Å²) < 4.78 is 17.4. The van der Waals surface area contributed by atoms with Crippen LogP contribution in [0.2, 0.25) is 0 Å². The van der Waals surface area contributed by atoms with Crippen molar-refractivity contribution in [3.8, 4) is 0 Å². The third-order valence-corrected chi connectivity index (χ3v) is 11.6.